The van der Waals surface area contributed by atoms with E-state index in [2.05, 4.69) is 12.2 Å². The molecule has 1 aromatic rings. The number of benzene rings is 1. The molecule has 2 heteroatoms. The van der Waals surface area contributed by atoms with E-state index < -0.39 is 6.17 Å². The zero-order chi connectivity index (χ0) is 7.40. The van der Waals surface area contributed by atoms with Gasteiger partial charge >= 0.3 is 0 Å². The maximum Gasteiger partial charge on any atom is 0.153 e. The maximum atomic E-state index is 12.7. The minimum absolute atomic E-state index is 0.623. The van der Waals surface area contributed by atoms with E-state index >= 15 is 0 Å². The van der Waals surface area contributed by atoms with Crippen molar-refractivity contribution in [2.45, 2.75) is 6.17 Å². The van der Waals surface area contributed by atoms with Crippen molar-refractivity contribution in [1.29, 1.82) is 0 Å². The van der Waals surface area contributed by atoms with E-state index in [1.54, 1.807) is 24.3 Å². The molecule has 0 spiro atoms. The molecular formula is C8H7FS. The van der Waals surface area contributed by atoms with Gasteiger partial charge in [-0.2, -0.15) is 0 Å². The zero-order valence-electron chi connectivity index (χ0n) is 5.33. The summed E-state index contributed by atoms with van der Waals surface area (Å²) < 4.78 is 12.7. The Morgan fingerprint density at radius 1 is 1.30 bits per heavy atom. The lowest BCUT2D eigenvalue weighted by Crippen LogP contribution is -1.88. The molecule has 10 heavy (non-hydrogen) atoms. The van der Waals surface area contributed by atoms with E-state index in [0.29, 0.717) is 5.56 Å². The molecule has 1 aromatic carbocycles. The average Bonchev–Trinajstić information content (AvgIpc) is 2.05. The van der Waals surface area contributed by atoms with Gasteiger partial charge in [0.15, 0.2) is 6.17 Å². The topological polar surface area (TPSA) is 0 Å². The molecule has 52 valence electrons. The summed E-state index contributed by atoms with van der Waals surface area (Å²) in [5, 5.41) is 1.12. The molecule has 0 aliphatic carbocycles. The monoisotopic (exact) mass is 154 g/mol. The minimum atomic E-state index is -1.10. The van der Waals surface area contributed by atoms with Crippen LogP contribution in [0.25, 0.3) is 0 Å². The fourth-order valence-electron chi connectivity index (χ4n) is 0.715. The summed E-state index contributed by atoms with van der Waals surface area (Å²) in [5.74, 6) is 0. The molecule has 1 atom stereocenters. The lowest BCUT2D eigenvalue weighted by Gasteiger charge is -1.98. The second-order valence-electron chi connectivity index (χ2n) is 1.95. The maximum absolute atomic E-state index is 12.7. The zero-order valence-corrected chi connectivity index (χ0v) is 6.14. The Kier molecular flexibility index (Phi) is 2.51. The Morgan fingerprint density at radius 2 is 1.90 bits per heavy atom. The second kappa shape index (κ2) is 3.42. The van der Waals surface area contributed by atoms with Crippen molar-refractivity contribution in [1.82, 2.24) is 0 Å². The van der Waals surface area contributed by atoms with Gasteiger partial charge in [0.05, 0.1) is 0 Å². The molecular weight excluding hydrogens is 147 g/mol. The van der Waals surface area contributed by atoms with E-state index in [1.807, 2.05) is 6.07 Å². The van der Waals surface area contributed by atoms with Gasteiger partial charge in [-0.15, -0.1) is 0 Å². The Labute approximate surface area is 64.7 Å². The highest BCUT2D eigenvalue weighted by molar-refractivity contribution is 7.79. The van der Waals surface area contributed by atoms with Gasteiger partial charge in [0.1, 0.15) is 0 Å². The fourth-order valence-corrected chi connectivity index (χ4v) is 0.873. The lowest BCUT2D eigenvalue weighted by molar-refractivity contribution is 0.450. The van der Waals surface area contributed by atoms with Crippen LogP contribution in [0.5, 0.6) is 0 Å². The molecule has 0 radical (unpaired) electrons. The van der Waals surface area contributed by atoms with E-state index in [1.165, 1.54) is 0 Å². The van der Waals surface area contributed by atoms with E-state index in [4.69, 9.17) is 0 Å². The van der Waals surface area contributed by atoms with Crippen LogP contribution in [0.15, 0.2) is 30.3 Å². The molecule has 0 aromatic heterocycles. The standard InChI is InChI=1S/C8H7FS/c9-8(6-10)7-4-2-1-3-5-7/h1-6,8H. The van der Waals surface area contributed by atoms with Gasteiger partial charge in [0.2, 0.25) is 0 Å². The summed E-state index contributed by atoms with van der Waals surface area (Å²) >= 11 is 4.46. The fraction of sp³-hybridized carbons (Fsp3) is 0.125. The van der Waals surface area contributed by atoms with Crippen molar-refractivity contribution >= 4 is 17.6 Å². The Bertz CT molecular complexity index is 208. The quantitative estimate of drug-likeness (QED) is 0.590. The normalized spacial score (nSPS) is 12.5. The molecule has 0 N–H and O–H groups in total. The van der Waals surface area contributed by atoms with Gasteiger partial charge in [-0.25, -0.2) is 4.39 Å². The van der Waals surface area contributed by atoms with Crippen molar-refractivity contribution in [3.8, 4) is 0 Å². The van der Waals surface area contributed by atoms with Gasteiger partial charge in [-0.05, 0) is 5.56 Å². The van der Waals surface area contributed by atoms with Crippen molar-refractivity contribution in [2.24, 2.45) is 0 Å². The first-order chi connectivity index (χ1) is 4.84. The average molecular weight is 154 g/mol. The number of halogens is 1. The van der Waals surface area contributed by atoms with Crippen LogP contribution in [-0.4, -0.2) is 5.37 Å². The number of rotatable bonds is 2. The predicted octanol–water partition coefficient (Wildman–Crippen LogP) is 2.70. The van der Waals surface area contributed by atoms with Crippen molar-refractivity contribution in [3.05, 3.63) is 35.9 Å². The lowest BCUT2D eigenvalue weighted by atomic mass is 10.1. The van der Waals surface area contributed by atoms with E-state index in [9.17, 15) is 4.39 Å². The molecule has 0 bridgehead atoms. The first-order valence-electron chi connectivity index (χ1n) is 2.99. The SMILES string of the molecule is FC(C=S)c1ccccc1. The molecule has 0 fully saturated rings. The third-order valence-corrected chi connectivity index (χ3v) is 1.48. The highest BCUT2D eigenvalue weighted by atomic mass is 32.1. The molecule has 0 saturated heterocycles. The van der Waals surface area contributed by atoms with Crippen LogP contribution < -0.4 is 0 Å². The number of alkyl halides is 1. The van der Waals surface area contributed by atoms with E-state index in [0.717, 1.165) is 5.37 Å². The summed E-state index contributed by atoms with van der Waals surface area (Å²) in [5.41, 5.74) is 0.623. The van der Waals surface area contributed by atoms with Crippen LogP contribution in [0, 0.1) is 0 Å². The van der Waals surface area contributed by atoms with Gasteiger partial charge < -0.3 is 0 Å². The molecule has 0 nitrogen and oxygen atoms in total. The largest absolute Gasteiger partial charge is 0.237 e. The molecule has 0 aliphatic heterocycles. The first kappa shape index (κ1) is 7.35. The summed E-state index contributed by atoms with van der Waals surface area (Å²) in [6.07, 6.45) is -1.10. The summed E-state index contributed by atoms with van der Waals surface area (Å²) in [6, 6.07) is 8.86. The van der Waals surface area contributed by atoms with Crippen LogP contribution in [0.3, 0.4) is 0 Å². The summed E-state index contributed by atoms with van der Waals surface area (Å²) in [6.45, 7) is 0. The highest BCUT2D eigenvalue weighted by Crippen LogP contribution is 2.13. The molecule has 0 amide bonds. The molecule has 1 rings (SSSR count). The van der Waals surface area contributed by atoms with Crippen LogP contribution in [0.1, 0.15) is 11.7 Å². The van der Waals surface area contributed by atoms with Crippen molar-refractivity contribution in [3.63, 3.8) is 0 Å². The molecule has 1 unspecified atom stereocenters. The van der Waals surface area contributed by atoms with E-state index in [-0.39, 0.29) is 0 Å². The molecule has 0 saturated carbocycles. The van der Waals surface area contributed by atoms with Crippen LogP contribution in [-0.2, 0) is 0 Å². The minimum Gasteiger partial charge on any atom is -0.237 e. The summed E-state index contributed by atoms with van der Waals surface area (Å²) in [4.78, 5) is 0. The van der Waals surface area contributed by atoms with Crippen molar-refractivity contribution in [2.75, 3.05) is 0 Å². The second-order valence-corrected chi connectivity index (χ2v) is 2.22. The Morgan fingerprint density at radius 3 is 2.40 bits per heavy atom. The highest BCUT2D eigenvalue weighted by Gasteiger charge is 2.02. The number of hydrogen-bond donors (Lipinski definition) is 0. The van der Waals surface area contributed by atoms with Gasteiger partial charge in [-0.3, -0.25) is 0 Å². The Hall–Kier alpha value is -0.760. The molecule has 0 heterocycles. The number of thiocarbonyl (C=S) groups is 1. The third-order valence-electron chi connectivity index (χ3n) is 1.24. The smallest absolute Gasteiger partial charge is 0.153 e. The van der Waals surface area contributed by atoms with Gasteiger partial charge in [0.25, 0.3) is 0 Å². The molecule has 0 aliphatic rings. The first-order valence-corrected chi connectivity index (χ1v) is 3.46. The van der Waals surface area contributed by atoms with Gasteiger partial charge in [0, 0.05) is 5.37 Å². The summed E-state index contributed by atoms with van der Waals surface area (Å²) in [7, 11) is 0. The van der Waals surface area contributed by atoms with Crippen LogP contribution >= 0.6 is 12.2 Å². The van der Waals surface area contributed by atoms with Crippen molar-refractivity contribution < 1.29 is 4.39 Å². The van der Waals surface area contributed by atoms with Crippen LogP contribution in [0.4, 0.5) is 4.39 Å². The van der Waals surface area contributed by atoms with Gasteiger partial charge in [-0.1, -0.05) is 42.5 Å². The van der Waals surface area contributed by atoms with Crippen LogP contribution in [0.2, 0.25) is 0 Å². The third kappa shape index (κ3) is 1.61. The Balaban J connectivity index is 2.84. The predicted molar refractivity (Wildman–Crippen MR) is 43.9 cm³/mol. The number of hydrogen-bond acceptors (Lipinski definition) is 1.